The highest BCUT2D eigenvalue weighted by atomic mass is 16.5. The zero-order valence-electron chi connectivity index (χ0n) is 17.1. The summed E-state index contributed by atoms with van der Waals surface area (Å²) in [6, 6.07) is 0. The van der Waals surface area contributed by atoms with Crippen molar-refractivity contribution in [2.75, 3.05) is 6.61 Å². The molecular formula is C24H38O2. The van der Waals surface area contributed by atoms with E-state index in [1.807, 2.05) is 13.0 Å². The molecule has 0 radical (unpaired) electrons. The number of ketones is 1. The van der Waals surface area contributed by atoms with Crippen molar-refractivity contribution in [1.82, 2.24) is 0 Å². The molecule has 0 bridgehead atoms. The van der Waals surface area contributed by atoms with Gasteiger partial charge >= 0.3 is 0 Å². The molecule has 2 heteroatoms. The van der Waals surface area contributed by atoms with Crippen LogP contribution in [-0.4, -0.2) is 18.5 Å². The van der Waals surface area contributed by atoms with E-state index in [9.17, 15) is 4.79 Å². The second-order valence-electron chi connectivity index (χ2n) is 10.5. The molecule has 146 valence electrons. The quantitative estimate of drug-likeness (QED) is 0.593. The molecule has 4 rings (SSSR count). The summed E-state index contributed by atoms with van der Waals surface area (Å²) in [6.07, 6.45) is 14.0. The number of carbonyl (C=O) groups excluding carboxylic acids is 1. The Balaban J connectivity index is 1.52. The Bertz CT molecular complexity index is 569. The van der Waals surface area contributed by atoms with Gasteiger partial charge < -0.3 is 4.74 Å². The Hall–Kier alpha value is -0.630. The highest BCUT2D eigenvalue weighted by Gasteiger charge is 2.60. The second-order valence-corrected chi connectivity index (χ2v) is 10.5. The maximum Gasteiger partial charge on any atom is 0.133 e. The molecule has 4 aliphatic rings. The fraction of sp³-hybridized carbons (Fsp3) is 0.875. The molecule has 4 saturated carbocycles. The van der Waals surface area contributed by atoms with Crippen LogP contribution in [0.3, 0.4) is 0 Å². The third-order valence-electron chi connectivity index (χ3n) is 9.56. The van der Waals surface area contributed by atoms with Gasteiger partial charge in [0.15, 0.2) is 0 Å². The van der Waals surface area contributed by atoms with E-state index < -0.39 is 0 Å². The summed E-state index contributed by atoms with van der Waals surface area (Å²) >= 11 is 0. The Kier molecular flexibility index (Phi) is 4.87. The first-order valence-electron chi connectivity index (χ1n) is 11.1. The van der Waals surface area contributed by atoms with Crippen LogP contribution in [-0.2, 0) is 9.53 Å². The van der Waals surface area contributed by atoms with Gasteiger partial charge in [-0.1, -0.05) is 19.9 Å². The molecule has 0 aromatic heterocycles. The number of hydrogen-bond donors (Lipinski definition) is 0. The number of rotatable bonds is 4. The molecule has 0 N–H and O–H groups in total. The summed E-state index contributed by atoms with van der Waals surface area (Å²) in [7, 11) is 0. The summed E-state index contributed by atoms with van der Waals surface area (Å²) in [5.74, 6) is 4.16. The van der Waals surface area contributed by atoms with Gasteiger partial charge in [-0.3, -0.25) is 4.79 Å². The van der Waals surface area contributed by atoms with E-state index in [0.717, 1.165) is 30.1 Å². The van der Waals surface area contributed by atoms with Gasteiger partial charge in [0.2, 0.25) is 0 Å². The minimum atomic E-state index is 0.292. The van der Waals surface area contributed by atoms with Crippen LogP contribution in [0, 0.1) is 40.4 Å². The first kappa shape index (κ1) is 18.7. The van der Waals surface area contributed by atoms with Crippen molar-refractivity contribution in [2.24, 2.45) is 40.4 Å². The Morgan fingerprint density at radius 1 is 1.04 bits per heavy atom. The van der Waals surface area contributed by atoms with E-state index in [1.165, 1.54) is 51.4 Å². The summed E-state index contributed by atoms with van der Waals surface area (Å²) < 4.78 is 6.03. The predicted molar refractivity (Wildman–Crippen MR) is 106 cm³/mol. The van der Waals surface area contributed by atoms with Crippen LogP contribution in [0.25, 0.3) is 0 Å². The SMILES string of the molecule is C=CCO[C@@H]1CC[C@]2(C)C3CC[C@@]4(C)C(CC[C@@H]4C(C)=O)C3CC[C@H]2C1. The zero-order valence-corrected chi connectivity index (χ0v) is 17.1. The van der Waals surface area contributed by atoms with E-state index in [2.05, 4.69) is 20.4 Å². The lowest BCUT2D eigenvalue weighted by molar-refractivity contribution is -0.141. The lowest BCUT2D eigenvalue weighted by atomic mass is 9.44. The molecule has 0 amide bonds. The van der Waals surface area contributed by atoms with E-state index >= 15 is 0 Å². The summed E-state index contributed by atoms with van der Waals surface area (Å²) in [5, 5.41) is 0. The minimum Gasteiger partial charge on any atom is -0.374 e. The average molecular weight is 359 g/mol. The number of ether oxygens (including phenoxy) is 1. The van der Waals surface area contributed by atoms with Crippen molar-refractivity contribution in [3.05, 3.63) is 12.7 Å². The molecule has 0 saturated heterocycles. The maximum atomic E-state index is 12.3. The van der Waals surface area contributed by atoms with Gasteiger partial charge in [-0.15, -0.1) is 6.58 Å². The highest BCUT2D eigenvalue weighted by Crippen LogP contribution is 2.67. The standard InChI is InChI=1S/C24H38O2/c1-5-14-26-18-10-12-23(3)17(15-18)6-7-19-21-9-8-20(16(2)25)24(21,4)13-11-22(19)23/h5,17-22H,1,6-15H2,2-4H3/t17-,18+,19?,20+,21?,22?,23-,24+/m0/s1. The topological polar surface area (TPSA) is 26.3 Å². The lowest BCUT2D eigenvalue weighted by Gasteiger charge is -2.61. The molecule has 0 heterocycles. The largest absolute Gasteiger partial charge is 0.374 e. The van der Waals surface area contributed by atoms with Gasteiger partial charge in [-0.05, 0) is 99.2 Å². The number of carbonyl (C=O) groups is 1. The van der Waals surface area contributed by atoms with Crippen LogP contribution >= 0.6 is 0 Å². The highest BCUT2D eigenvalue weighted by molar-refractivity contribution is 5.79. The van der Waals surface area contributed by atoms with Gasteiger partial charge in [0, 0.05) is 5.92 Å². The van der Waals surface area contributed by atoms with Crippen molar-refractivity contribution in [2.45, 2.75) is 84.7 Å². The lowest BCUT2D eigenvalue weighted by Crippen LogP contribution is -2.54. The molecule has 0 spiro atoms. The first-order chi connectivity index (χ1) is 12.4. The van der Waals surface area contributed by atoms with Crippen LogP contribution in [0.2, 0.25) is 0 Å². The second kappa shape index (κ2) is 6.76. The van der Waals surface area contributed by atoms with Crippen molar-refractivity contribution in [3.63, 3.8) is 0 Å². The fourth-order valence-corrected chi connectivity index (χ4v) is 8.24. The Labute approximate surface area is 160 Å². The number of Topliss-reactive ketones (excluding diaryl/α,β-unsaturated/α-hetero) is 1. The first-order valence-corrected chi connectivity index (χ1v) is 11.1. The molecule has 4 fully saturated rings. The smallest absolute Gasteiger partial charge is 0.133 e. The van der Waals surface area contributed by atoms with Crippen molar-refractivity contribution in [1.29, 1.82) is 0 Å². The number of hydrogen-bond acceptors (Lipinski definition) is 2. The molecule has 0 aromatic rings. The van der Waals surface area contributed by atoms with Crippen LogP contribution in [0.5, 0.6) is 0 Å². The Morgan fingerprint density at radius 3 is 2.50 bits per heavy atom. The van der Waals surface area contributed by atoms with Gasteiger partial charge in [-0.2, -0.15) is 0 Å². The molecule has 0 aliphatic heterocycles. The van der Waals surface area contributed by atoms with Gasteiger partial charge in [0.05, 0.1) is 12.7 Å². The summed E-state index contributed by atoms with van der Waals surface area (Å²) in [5.41, 5.74) is 0.799. The van der Waals surface area contributed by atoms with Crippen molar-refractivity contribution in [3.8, 4) is 0 Å². The van der Waals surface area contributed by atoms with E-state index in [-0.39, 0.29) is 0 Å². The third-order valence-corrected chi connectivity index (χ3v) is 9.56. The van der Waals surface area contributed by atoms with Crippen LogP contribution in [0.15, 0.2) is 12.7 Å². The molecule has 3 unspecified atom stereocenters. The monoisotopic (exact) mass is 358 g/mol. The minimum absolute atomic E-state index is 0.292. The van der Waals surface area contributed by atoms with Gasteiger partial charge in [0.1, 0.15) is 5.78 Å². The van der Waals surface area contributed by atoms with Crippen molar-refractivity contribution < 1.29 is 9.53 Å². The molecule has 0 aromatic carbocycles. The van der Waals surface area contributed by atoms with E-state index in [4.69, 9.17) is 4.74 Å². The molecule has 2 nitrogen and oxygen atoms in total. The maximum absolute atomic E-state index is 12.3. The van der Waals surface area contributed by atoms with E-state index in [1.54, 1.807) is 0 Å². The normalized spacial score (nSPS) is 50.4. The average Bonchev–Trinajstić information content (AvgIpc) is 2.97. The van der Waals surface area contributed by atoms with Crippen LogP contribution < -0.4 is 0 Å². The van der Waals surface area contributed by atoms with Crippen LogP contribution in [0.1, 0.15) is 78.6 Å². The zero-order chi connectivity index (χ0) is 18.5. The summed E-state index contributed by atoms with van der Waals surface area (Å²) in [6.45, 7) is 11.4. The Morgan fingerprint density at radius 2 is 1.77 bits per heavy atom. The molecule has 4 aliphatic carbocycles. The number of fused-ring (bicyclic) bond motifs is 5. The fourth-order valence-electron chi connectivity index (χ4n) is 8.24. The molecular weight excluding hydrogens is 320 g/mol. The van der Waals surface area contributed by atoms with Gasteiger partial charge in [0.25, 0.3) is 0 Å². The predicted octanol–water partition coefficient (Wildman–Crippen LogP) is 5.81. The molecule has 26 heavy (non-hydrogen) atoms. The van der Waals surface area contributed by atoms with Gasteiger partial charge in [-0.25, -0.2) is 0 Å². The molecule has 8 atom stereocenters. The van der Waals surface area contributed by atoms with Crippen LogP contribution in [0.4, 0.5) is 0 Å². The van der Waals surface area contributed by atoms with E-state index in [0.29, 0.717) is 35.2 Å². The van der Waals surface area contributed by atoms with Crippen molar-refractivity contribution >= 4 is 5.78 Å². The third kappa shape index (κ3) is 2.74. The summed E-state index contributed by atoms with van der Waals surface area (Å²) in [4.78, 5) is 12.3.